The predicted molar refractivity (Wildman–Crippen MR) is 109 cm³/mol. The third-order valence-corrected chi connectivity index (χ3v) is 4.22. The monoisotopic (exact) mass is 359 g/mol. The molecule has 5 nitrogen and oxygen atoms in total. The molecule has 3 aromatic rings. The average Bonchev–Trinajstić information content (AvgIpc) is 2.67. The number of hydrazone groups is 1. The highest BCUT2D eigenvalue weighted by molar-refractivity contribution is 6.08. The zero-order valence-corrected chi connectivity index (χ0v) is 15.3. The summed E-state index contributed by atoms with van der Waals surface area (Å²) in [7, 11) is 0. The van der Waals surface area contributed by atoms with Crippen molar-refractivity contribution < 1.29 is 9.59 Å². The summed E-state index contributed by atoms with van der Waals surface area (Å²) in [5.41, 5.74) is 5.38. The molecule has 0 radical (unpaired) electrons. The molecule has 2 N–H and O–H groups in total. The van der Waals surface area contributed by atoms with E-state index < -0.39 is 0 Å². The Morgan fingerprint density at radius 3 is 2.44 bits per heavy atom. The molecular formula is C22H21N3O2. The summed E-state index contributed by atoms with van der Waals surface area (Å²) in [6.45, 7) is 3.64. The molecule has 0 atom stereocenters. The van der Waals surface area contributed by atoms with Crippen LogP contribution in [0.5, 0.6) is 0 Å². The van der Waals surface area contributed by atoms with E-state index in [2.05, 4.69) is 15.8 Å². The highest BCUT2D eigenvalue weighted by atomic mass is 16.2. The van der Waals surface area contributed by atoms with Gasteiger partial charge in [0.25, 0.3) is 5.91 Å². The van der Waals surface area contributed by atoms with Gasteiger partial charge in [-0.15, -0.1) is 0 Å². The Morgan fingerprint density at radius 1 is 0.926 bits per heavy atom. The minimum atomic E-state index is -0.300. The van der Waals surface area contributed by atoms with Crippen molar-refractivity contribution in [3.8, 4) is 0 Å². The van der Waals surface area contributed by atoms with E-state index in [0.29, 0.717) is 11.3 Å². The molecule has 5 heteroatoms. The number of fused-ring (bicyclic) bond motifs is 1. The predicted octanol–water partition coefficient (Wildman–Crippen LogP) is 4.28. The second kappa shape index (κ2) is 8.27. The third-order valence-electron chi connectivity index (χ3n) is 4.22. The van der Waals surface area contributed by atoms with Crippen LogP contribution >= 0.6 is 0 Å². The number of hydrogen-bond acceptors (Lipinski definition) is 3. The standard InChI is InChI=1S/C22H21N3O2/c1-15-8-3-6-13-20(15)23-21(26)14-16(2)24-25-22(27)19-12-7-10-17-9-4-5-11-18(17)19/h3-13H,14H2,1-2H3,(H,23,26)(H,25,27)/b24-16-. The number of hydrogen-bond donors (Lipinski definition) is 2. The lowest BCUT2D eigenvalue weighted by Gasteiger charge is -2.08. The molecule has 0 unspecified atom stereocenters. The summed E-state index contributed by atoms with van der Waals surface area (Å²) < 4.78 is 0. The van der Waals surface area contributed by atoms with Gasteiger partial charge in [0, 0.05) is 17.0 Å². The third kappa shape index (κ3) is 4.58. The van der Waals surface area contributed by atoms with Crippen LogP contribution in [-0.2, 0) is 4.79 Å². The van der Waals surface area contributed by atoms with Crippen molar-refractivity contribution in [2.75, 3.05) is 5.32 Å². The first-order chi connectivity index (χ1) is 13.0. The van der Waals surface area contributed by atoms with Crippen LogP contribution in [0.3, 0.4) is 0 Å². The van der Waals surface area contributed by atoms with Crippen LogP contribution < -0.4 is 10.7 Å². The molecule has 0 spiro atoms. The zero-order valence-electron chi connectivity index (χ0n) is 15.3. The Bertz CT molecular complexity index is 1020. The average molecular weight is 359 g/mol. The van der Waals surface area contributed by atoms with Gasteiger partial charge in [0.1, 0.15) is 0 Å². The number of nitrogens with one attached hydrogen (secondary N) is 2. The minimum absolute atomic E-state index is 0.101. The number of benzene rings is 3. The topological polar surface area (TPSA) is 70.6 Å². The van der Waals surface area contributed by atoms with E-state index in [1.54, 1.807) is 13.0 Å². The lowest BCUT2D eigenvalue weighted by Crippen LogP contribution is -2.21. The molecule has 27 heavy (non-hydrogen) atoms. The SMILES string of the molecule is C/C(CC(=O)Nc1ccccc1C)=N/NC(=O)c1cccc2ccccc12. The van der Waals surface area contributed by atoms with Gasteiger partial charge in [0.15, 0.2) is 0 Å². The van der Waals surface area contributed by atoms with E-state index in [4.69, 9.17) is 0 Å². The first kappa shape index (κ1) is 18.3. The van der Waals surface area contributed by atoms with Gasteiger partial charge >= 0.3 is 0 Å². The maximum absolute atomic E-state index is 12.5. The lowest BCUT2D eigenvalue weighted by molar-refractivity contribution is -0.115. The highest BCUT2D eigenvalue weighted by Gasteiger charge is 2.10. The smallest absolute Gasteiger partial charge is 0.271 e. The molecule has 0 saturated heterocycles. The Kier molecular flexibility index (Phi) is 5.61. The van der Waals surface area contributed by atoms with E-state index in [9.17, 15) is 9.59 Å². The van der Waals surface area contributed by atoms with Gasteiger partial charge in [-0.25, -0.2) is 5.43 Å². The second-order valence-electron chi connectivity index (χ2n) is 6.35. The summed E-state index contributed by atoms with van der Waals surface area (Å²) in [5, 5.41) is 8.77. The lowest BCUT2D eigenvalue weighted by atomic mass is 10.0. The van der Waals surface area contributed by atoms with Crippen LogP contribution in [0.25, 0.3) is 10.8 Å². The van der Waals surface area contributed by atoms with Gasteiger partial charge in [0.2, 0.25) is 5.91 Å². The van der Waals surface area contributed by atoms with E-state index in [1.165, 1.54) is 0 Å². The summed E-state index contributed by atoms with van der Waals surface area (Å²) in [5.74, 6) is -0.476. The first-order valence-corrected chi connectivity index (χ1v) is 8.71. The molecule has 2 amide bonds. The largest absolute Gasteiger partial charge is 0.326 e. The molecule has 0 fully saturated rings. The molecular weight excluding hydrogens is 338 g/mol. The van der Waals surface area contributed by atoms with Gasteiger partial charge < -0.3 is 5.32 Å². The fraction of sp³-hybridized carbons (Fsp3) is 0.136. The molecule has 0 bridgehead atoms. The normalized spacial score (nSPS) is 11.3. The Morgan fingerprint density at radius 2 is 1.63 bits per heavy atom. The van der Waals surface area contributed by atoms with Crippen LogP contribution in [0.1, 0.15) is 29.3 Å². The minimum Gasteiger partial charge on any atom is -0.326 e. The number of carbonyl (C=O) groups excluding carboxylic acids is 2. The highest BCUT2D eigenvalue weighted by Crippen LogP contribution is 2.18. The van der Waals surface area contributed by atoms with Gasteiger partial charge in [-0.2, -0.15) is 5.10 Å². The number of amides is 2. The van der Waals surface area contributed by atoms with Gasteiger partial charge in [-0.1, -0.05) is 54.6 Å². The molecule has 0 aliphatic rings. The molecule has 0 aliphatic carbocycles. The maximum Gasteiger partial charge on any atom is 0.271 e. The molecule has 0 saturated carbocycles. The second-order valence-corrected chi connectivity index (χ2v) is 6.35. The maximum atomic E-state index is 12.5. The number of carbonyl (C=O) groups is 2. The molecule has 0 aliphatic heterocycles. The molecule has 0 heterocycles. The zero-order chi connectivity index (χ0) is 19.2. The van der Waals surface area contributed by atoms with Crippen molar-refractivity contribution in [2.45, 2.75) is 20.3 Å². The van der Waals surface area contributed by atoms with Crippen molar-refractivity contribution in [1.29, 1.82) is 0 Å². The van der Waals surface area contributed by atoms with Crippen molar-refractivity contribution >= 4 is 34.0 Å². The van der Waals surface area contributed by atoms with Gasteiger partial charge in [0.05, 0.1) is 6.42 Å². The number of rotatable bonds is 5. The number of para-hydroxylation sites is 1. The van der Waals surface area contributed by atoms with Crippen LogP contribution in [0.15, 0.2) is 71.8 Å². The summed E-state index contributed by atoms with van der Waals surface area (Å²) in [6, 6.07) is 20.8. The first-order valence-electron chi connectivity index (χ1n) is 8.71. The number of aryl methyl sites for hydroxylation is 1. The van der Waals surface area contributed by atoms with Crippen molar-refractivity contribution in [2.24, 2.45) is 5.10 Å². The van der Waals surface area contributed by atoms with Gasteiger partial charge in [-0.3, -0.25) is 9.59 Å². The summed E-state index contributed by atoms with van der Waals surface area (Å²) >= 11 is 0. The van der Waals surface area contributed by atoms with E-state index >= 15 is 0 Å². The van der Waals surface area contributed by atoms with E-state index in [1.807, 2.05) is 67.6 Å². The fourth-order valence-electron chi connectivity index (χ4n) is 2.81. The van der Waals surface area contributed by atoms with Crippen molar-refractivity contribution in [3.05, 3.63) is 77.9 Å². The van der Waals surface area contributed by atoms with Crippen LogP contribution in [0, 0.1) is 6.92 Å². The van der Waals surface area contributed by atoms with E-state index in [0.717, 1.165) is 22.0 Å². The van der Waals surface area contributed by atoms with Crippen molar-refractivity contribution in [1.82, 2.24) is 5.43 Å². The van der Waals surface area contributed by atoms with Crippen LogP contribution in [0.4, 0.5) is 5.69 Å². The molecule has 0 aromatic heterocycles. The molecule has 3 aromatic carbocycles. The quantitative estimate of drug-likeness (QED) is 0.527. The van der Waals surface area contributed by atoms with Crippen LogP contribution in [0.2, 0.25) is 0 Å². The number of nitrogens with zero attached hydrogens (tertiary/aromatic N) is 1. The molecule has 3 rings (SSSR count). The summed E-state index contributed by atoms with van der Waals surface area (Å²) in [6.07, 6.45) is 0.101. The Hall–Kier alpha value is -3.47. The van der Waals surface area contributed by atoms with Crippen molar-refractivity contribution in [3.63, 3.8) is 0 Å². The summed E-state index contributed by atoms with van der Waals surface area (Å²) in [4.78, 5) is 24.6. The molecule has 136 valence electrons. The van der Waals surface area contributed by atoms with E-state index in [-0.39, 0.29) is 18.2 Å². The van der Waals surface area contributed by atoms with Crippen LogP contribution in [-0.4, -0.2) is 17.5 Å². The van der Waals surface area contributed by atoms with Gasteiger partial charge in [-0.05, 0) is 42.3 Å². The Balaban J connectivity index is 1.64. The fourth-order valence-corrected chi connectivity index (χ4v) is 2.81. The number of anilines is 1. The Labute approximate surface area is 158 Å².